The maximum Gasteiger partial charge on any atom is 0.269 e. The molecule has 2 N–H and O–H groups in total. The van der Waals surface area contributed by atoms with Gasteiger partial charge in [0.25, 0.3) is 12.3 Å². The molecule has 1 fully saturated rings. The van der Waals surface area contributed by atoms with Gasteiger partial charge in [0.1, 0.15) is 11.6 Å². The monoisotopic (exact) mass is 418 g/mol. The molecule has 0 radical (unpaired) electrons. The number of ether oxygens (including phenoxy) is 1. The van der Waals surface area contributed by atoms with Gasteiger partial charge in [0.15, 0.2) is 5.78 Å². The van der Waals surface area contributed by atoms with Crippen LogP contribution in [0.5, 0.6) is 0 Å². The van der Waals surface area contributed by atoms with Crippen molar-refractivity contribution in [1.82, 2.24) is 10.2 Å². The zero-order chi connectivity index (χ0) is 22.1. The molecule has 1 heterocycles. The van der Waals surface area contributed by atoms with Crippen molar-refractivity contribution in [1.29, 1.82) is 0 Å². The Morgan fingerprint density at radius 2 is 1.87 bits per heavy atom. The van der Waals surface area contributed by atoms with Crippen molar-refractivity contribution < 1.29 is 28.2 Å². The second-order valence-corrected chi connectivity index (χ2v) is 7.06. The van der Waals surface area contributed by atoms with E-state index in [0.717, 1.165) is 26.9 Å². The molecule has 0 saturated carbocycles. The van der Waals surface area contributed by atoms with Crippen LogP contribution in [-0.2, 0) is 9.53 Å². The Bertz CT molecular complexity index is 870. The third-order valence-corrected chi connectivity index (χ3v) is 4.62. The standard InChI is InChI=1S/C22H24F2N2O4/c1-16(27)19(22(2,29)21(23)24)25-20(28)18-9-7-17(8-10-18)6-4-3-5-11-26-12-14-30-15-13-26/h7-10,19,21,29H,11-15H2,1-2H3,(H,25,28)/t19-,22+/m1/s1. The maximum atomic E-state index is 13.0. The van der Waals surface area contributed by atoms with E-state index in [1.54, 1.807) is 12.1 Å². The van der Waals surface area contributed by atoms with Crippen LogP contribution in [0.3, 0.4) is 0 Å². The Hall–Kier alpha value is -2.78. The van der Waals surface area contributed by atoms with Crippen LogP contribution in [0.25, 0.3) is 0 Å². The van der Waals surface area contributed by atoms with E-state index in [9.17, 15) is 23.5 Å². The first-order valence-electron chi connectivity index (χ1n) is 9.42. The molecule has 1 aliphatic rings. The van der Waals surface area contributed by atoms with Crippen molar-refractivity contribution in [3.8, 4) is 23.7 Å². The molecule has 1 aliphatic heterocycles. The van der Waals surface area contributed by atoms with Gasteiger partial charge in [-0.1, -0.05) is 11.8 Å². The molecular formula is C22H24F2N2O4. The highest BCUT2D eigenvalue weighted by Gasteiger charge is 2.44. The summed E-state index contributed by atoms with van der Waals surface area (Å²) in [6.07, 6.45) is -3.20. The molecule has 1 amide bonds. The van der Waals surface area contributed by atoms with Crippen LogP contribution in [0.2, 0.25) is 0 Å². The minimum Gasteiger partial charge on any atom is -0.382 e. The Balaban J connectivity index is 1.96. The van der Waals surface area contributed by atoms with E-state index in [0.29, 0.717) is 25.3 Å². The van der Waals surface area contributed by atoms with Gasteiger partial charge in [-0.3, -0.25) is 14.5 Å². The van der Waals surface area contributed by atoms with Crippen LogP contribution in [-0.4, -0.2) is 72.6 Å². The van der Waals surface area contributed by atoms with Gasteiger partial charge < -0.3 is 15.2 Å². The Morgan fingerprint density at radius 3 is 2.43 bits per heavy atom. The lowest BCUT2D eigenvalue weighted by Gasteiger charge is -2.30. The van der Waals surface area contributed by atoms with Crippen molar-refractivity contribution in [2.75, 3.05) is 32.8 Å². The summed E-state index contributed by atoms with van der Waals surface area (Å²) in [5, 5.41) is 12.0. The van der Waals surface area contributed by atoms with Crippen molar-refractivity contribution in [3.05, 3.63) is 35.4 Å². The van der Waals surface area contributed by atoms with Crippen molar-refractivity contribution in [2.24, 2.45) is 0 Å². The van der Waals surface area contributed by atoms with Crippen molar-refractivity contribution in [2.45, 2.75) is 31.9 Å². The number of hydrogen-bond acceptors (Lipinski definition) is 5. The number of alkyl halides is 2. The summed E-state index contributed by atoms with van der Waals surface area (Å²) >= 11 is 0. The summed E-state index contributed by atoms with van der Waals surface area (Å²) in [6.45, 7) is 5.58. The van der Waals surface area contributed by atoms with E-state index in [4.69, 9.17) is 4.74 Å². The predicted molar refractivity (Wildman–Crippen MR) is 107 cm³/mol. The second-order valence-electron chi connectivity index (χ2n) is 7.06. The SMILES string of the molecule is CC(=O)[C@@H](NC(=O)c1ccc(C#CC#CCN2CCOCC2)cc1)[C@](C)(O)C(F)F. The predicted octanol–water partition coefficient (Wildman–Crippen LogP) is 1.08. The van der Waals surface area contributed by atoms with Crippen LogP contribution in [0.4, 0.5) is 8.78 Å². The normalized spacial score (nSPS) is 17.0. The number of ketones is 1. The van der Waals surface area contributed by atoms with Crippen LogP contribution in [0.15, 0.2) is 24.3 Å². The molecule has 1 aromatic rings. The lowest BCUT2D eigenvalue weighted by Crippen LogP contribution is -2.58. The fraction of sp³-hybridized carbons (Fsp3) is 0.455. The highest BCUT2D eigenvalue weighted by Crippen LogP contribution is 2.21. The van der Waals surface area contributed by atoms with Gasteiger partial charge in [-0.05, 0) is 50.0 Å². The molecule has 0 unspecified atom stereocenters. The fourth-order valence-corrected chi connectivity index (χ4v) is 2.76. The zero-order valence-corrected chi connectivity index (χ0v) is 16.9. The molecule has 8 heteroatoms. The number of carbonyl (C=O) groups excluding carboxylic acids is 2. The van der Waals surface area contributed by atoms with Crippen LogP contribution >= 0.6 is 0 Å². The third kappa shape index (κ3) is 6.64. The summed E-state index contributed by atoms with van der Waals surface area (Å²) < 4.78 is 31.3. The number of benzene rings is 1. The van der Waals surface area contributed by atoms with Crippen molar-refractivity contribution >= 4 is 11.7 Å². The molecule has 2 rings (SSSR count). The number of rotatable bonds is 6. The Labute approximate surface area is 174 Å². The minimum atomic E-state index is -3.20. The van der Waals surface area contributed by atoms with Gasteiger partial charge in [0.05, 0.1) is 19.8 Å². The van der Waals surface area contributed by atoms with Crippen LogP contribution in [0, 0.1) is 23.7 Å². The number of halogens is 2. The molecule has 0 spiro atoms. The molecule has 0 bridgehead atoms. The number of carbonyl (C=O) groups is 2. The summed E-state index contributed by atoms with van der Waals surface area (Å²) in [7, 11) is 0. The molecular weight excluding hydrogens is 394 g/mol. The number of nitrogens with one attached hydrogen (secondary N) is 1. The van der Waals surface area contributed by atoms with E-state index in [1.165, 1.54) is 12.1 Å². The summed E-state index contributed by atoms with van der Waals surface area (Å²) in [5.74, 6) is 9.82. The molecule has 1 aromatic carbocycles. The summed E-state index contributed by atoms with van der Waals surface area (Å²) in [5.41, 5.74) is -1.91. The smallest absolute Gasteiger partial charge is 0.269 e. The Morgan fingerprint density at radius 1 is 1.23 bits per heavy atom. The lowest BCUT2D eigenvalue weighted by molar-refractivity contribution is -0.138. The number of morpholine rings is 1. The first-order valence-corrected chi connectivity index (χ1v) is 9.42. The number of amides is 1. The number of nitrogens with zero attached hydrogens (tertiary/aromatic N) is 1. The molecule has 6 nitrogen and oxygen atoms in total. The van der Waals surface area contributed by atoms with Crippen LogP contribution < -0.4 is 5.32 Å². The van der Waals surface area contributed by atoms with Gasteiger partial charge in [-0.25, -0.2) is 8.78 Å². The number of hydrogen-bond donors (Lipinski definition) is 2. The fourth-order valence-electron chi connectivity index (χ4n) is 2.76. The van der Waals surface area contributed by atoms with E-state index in [2.05, 4.69) is 33.9 Å². The maximum absolute atomic E-state index is 13.0. The molecule has 30 heavy (non-hydrogen) atoms. The molecule has 2 atom stereocenters. The molecule has 160 valence electrons. The van der Waals surface area contributed by atoms with Gasteiger partial charge in [0.2, 0.25) is 0 Å². The van der Waals surface area contributed by atoms with E-state index < -0.39 is 29.8 Å². The third-order valence-electron chi connectivity index (χ3n) is 4.62. The van der Waals surface area contributed by atoms with Gasteiger partial charge in [-0.2, -0.15) is 0 Å². The number of aliphatic hydroxyl groups is 1. The van der Waals surface area contributed by atoms with E-state index in [-0.39, 0.29) is 5.56 Å². The Kier molecular flexibility index (Phi) is 8.49. The van der Waals surface area contributed by atoms with Gasteiger partial charge >= 0.3 is 0 Å². The van der Waals surface area contributed by atoms with Gasteiger partial charge in [0, 0.05) is 24.2 Å². The summed E-state index contributed by atoms with van der Waals surface area (Å²) in [4.78, 5) is 26.1. The highest BCUT2D eigenvalue weighted by molar-refractivity contribution is 5.98. The van der Waals surface area contributed by atoms with E-state index in [1.807, 2.05) is 0 Å². The van der Waals surface area contributed by atoms with Gasteiger partial charge in [-0.15, -0.1) is 0 Å². The molecule has 1 saturated heterocycles. The average Bonchev–Trinajstić information content (AvgIpc) is 2.72. The van der Waals surface area contributed by atoms with E-state index >= 15 is 0 Å². The van der Waals surface area contributed by atoms with Crippen LogP contribution in [0.1, 0.15) is 29.8 Å². The zero-order valence-electron chi connectivity index (χ0n) is 16.9. The minimum absolute atomic E-state index is 0.148. The first kappa shape index (κ1) is 23.5. The van der Waals surface area contributed by atoms with Crippen molar-refractivity contribution in [3.63, 3.8) is 0 Å². The lowest BCUT2D eigenvalue weighted by atomic mass is 9.93. The average molecular weight is 418 g/mol. The molecule has 0 aromatic heterocycles. The molecule has 0 aliphatic carbocycles. The first-order chi connectivity index (χ1) is 14.2. The quantitative estimate of drug-likeness (QED) is 0.676. The highest BCUT2D eigenvalue weighted by atomic mass is 19.3. The second kappa shape index (κ2) is 10.8. The summed E-state index contributed by atoms with van der Waals surface area (Å²) in [6, 6.07) is 4.34. The number of Topliss-reactive ketones (excluding diaryl/α,β-unsaturated/α-hetero) is 1. The topological polar surface area (TPSA) is 78.9 Å². The largest absolute Gasteiger partial charge is 0.382 e.